The van der Waals surface area contributed by atoms with Crippen molar-refractivity contribution in [3.05, 3.63) is 33.1 Å². The molecule has 1 aromatic rings. The van der Waals surface area contributed by atoms with E-state index in [9.17, 15) is 19.7 Å². The van der Waals surface area contributed by atoms with Gasteiger partial charge in [0.05, 0.1) is 4.92 Å². The van der Waals surface area contributed by atoms with E-state index in [1.165, 1.54) is 0 Å². The average Bonchev–Trinajstić information content (AvgIpc) is 2.42. The number of hydrogen-bond donors (Lipinski definition) is 2. The number of carboxylic acids is 1. The highest BCUT2D eigenvalue weighted by Crippen LogP contribution is 2.26. The van der Waals surface area contributed by atoms with Crippen LogP contribution in [-0.4, -0.2) is 32.9 Å². The van der Waals surface area contributed by atoms with Gasteiger partial charge in [-0.15, -0.1) is 0 Å². The fraction of sp³-hybridized carbons (Fsp3) is 0.417. The number of nitrogens with one attached hydrogen (secondary N) is 1. The number of aromatic nitrogens is 1. The Kier molecular flexibility index (Phi) is 5.60. The Bertz CT molecular complexity index is 578. The van der Waals surface area contributed by atoms with Crippen LogP contribution in [0, 0.1) is 16.0 Å². The van der Waals surface area contributed by atoms with E-state index in [1.54, 1.807) is 13.8 Å². The lowest BCUT2D eigenvalue weighted by Gasteiger charge is -2.20. The molecule has 0 radical (unpaired) electrons. The van der Waals surface area contributed by atoms with Gasteiger partial charge in [0, 0.05) is 6.20 Å². The first-order chi connectivity index (χ1) is 9.79. The number of carbonyl (C=O) groups is 2. The normalized spacial score (nSPS) is 13.3. The van der Waals surface area contributed by atoms with Gasteiger partial charge in [-0.3, -0.25) is 14.9 Å². The molecule has 8 nitrogen and oxygen atoms in total. The van der Waals surface area contributed by atoms with Gasteiger partial charge in [0.25, 0.3) is 5.91 Å². The van der Waals surface area contributed by atoms with E-state index < -0.39 is 33.7 Å². The van der Waals surface area contributed by atoms with Crippen LogP contribution < -0.4 is 5.32 Å². The summed E-state index contributed by atoms with van der Waals surface area (Å²) in [5.41, 5.74) is -0.973. The number of pyridine rings is 1. The lowest BCUT2D eigenvalue weighted by atomic mass is 9.99. The fourth-order valence-electron chi connectivity index (χ4n) is 1.69. The van der Waals surface area contributed by atoms with E-state index in [2.05, 4.69) is 10.3 Å². The summed E-state index contributed by atoms with van der Waals surface area (Å²) in [5.74, 6) is -2.41. The summed E-state index contributed by atoms with van der Waals surface area (Å²) in [5, 5.41) is 21.9. The molecule has 0 aliphatic carbocycles. The Labute approximate surface area is 125 Å². The summed E-state index contributed by atoms with van der Waals surface area (Å²) in [6.45, 7) is 3.44. The van der Waals surface area contributed by atoms with Crippen LogP contribution in [0.15, 0.2) is 12.3 Å². The highest BCUT2D eigenvalue weighted by molar-refractivity contribution is 6.32. The predicted molar refractivity (Wildman–Crippen MR) is 74.2 cm³/mol. The number of halogens is 1. The maximum atomic E-state index is 12.1. The molecule has 2 atom stereocenters. The molecule has 0 aliphatic heterocycles. The van der Waals surface area contributed by atoms with Gasteiger partial charge in [-0.2, -0.15) is 0 Å². The number of carboxylic acid groups (broad SMARTS) is 1. The van der Waals surface area contributed by atoms with Crippen LogP contribution in [0.3, 0.4) is 0 Å². The molecule has 0 fully saturated rings. The summed E-state index contributed by atoms with van der Waals surface area (Å²) in [4.78, 5) is 36.9. The Morgan fingerprint density at radius 1 is 1.57 bits per heavy atom. The summed E-state index contributed by atoms with van der Waals surface area (Å²) in [6, 6.07) is -0.0245. The summed E-state index contributed by atoms with van der Waals surface area (Å²) >= 11 is 5.61. The number of amides is 1. The van der Waals surface area contributed by atoms with Crippen LogP contribution in [0.1, 0.15) is 30.6 Å². The van der Waals surface area contributed by atoms with Gasteiger partial charge in [0.2, 0.25) is 5.15 Å². The van der Waals surface area contributed by atoms with Gasteiger partial charge in [0.1, 0.15) is 11.6 Å². The summed E-state index contributed by atoms with van der Waals surface area (Å²) < 4.78 is 0. The van der Waals surface area contributed by atoms with Gasteiger partial charge >= 0.3 is 11.7 Å². The minimum absolute atomic E-state index is 0.324. The second-order valence-electron chi connectivity index (χ2n) is 4.43. The van der Waals surface area contributed by atoms with Gasteiger partial charge in [-0.25, -0.2) is 9.78 Å². The minimum atomic E-state index is -1.21. The molecule has 0 bridgehead atoms. The van der Waals surface area contributed by atoms with Crippen molar-refractivity contribution in [1.29, 1.82) is 0 Å². The molecular formula is C12H14ClN3O5. The van der Waals surface area contributed by atoms with Crippen molar-refractivity contribution in [2.24, 2.45) is 5.92 Å². The zero-order valence-corrected chi connectivity index (χ0v) is 12.1. The van der Waals surface area contributed by atoms with Crippen molar-refractivity contribution in [1.82, 2.24) is 10.3 Å². The molecule has 21 heavy (non-hydrogen) atoms. The van der Waals surface area contributed by atoms with Crippen molar-refractivity contribution in [3.8, 4) is 0 Å². The molecule has 0 saturated heterocycles. The second kappa shape index (κ2) is 6.98. The Hall–Kier alpha value is -2.22. The number of hydrogen-bond acceptors (Lipinski definition) is 5. The lowest BCUT2D eigenvalue weighted by molar-refractivity contribution is -0.385. The Morgan fingerprint density at radius 3 is 2.67 bits per heavy atom. The van der Waals surface area contributed by atoms with Gasteiger partial charge in [0.15, 0.2) is 0 Å². The molecule has 114 valence electrons. The van der Waals surface area contributed by atoms with E-state index in [-0.39, 0.29) is 11.5 Å². The molecule has 1 aromatic heterocycles. The first-order valence-corrected chi connectivity index (χ1v) is 6.49. The average molecular weight is 316 g/mol. The smallest absolute Gasteiger partial charge is 0.326 e. The van der Waals surface area contributed by atoms with Crippen molar-refractivity contribution < 1.29 is 19.6 Å². The maximum absolute atomic E-state index is 12.1. The first-order valence-electron chi connectivity index (χ1n) is 6.12. The quantitative estimate of drug-likeness (QED) is 0.469. The standard InChI is InChI=1S/C12H14ClN3O5/c1-3-6(2)8(12(18)19)15-11(17)7-4-5-14-10(13)9(7)16(20)21/h4-6,8H,3H2,1-2H3,(H,15,17)(H,18,19)/t6?,8-/m0/s1. The van der Waals surface area contributed by atoms with Crippen LogP contribution in [0.4, 0.5) is 5.69 Å². The molecule has 0 aromatic carbocycles. The molecule has 1 rings (SSSR count). The molecule has 0 saturated carbocycles. The fourth-order valence-corrected chi connectivity index (χ4v) is 1.91. The SMILES string of the molecule is CCC(C)[C@H](NC(=O)c1ccnc(Cl)c1[N+](=O)[O-])C(=O)O. The topological polar surface area (TPSA) is 122 Å². The highest BCUT2D eigenvalue weighted by Gasteiger charge is 2.30. The van der Waals surface area contributed by atoms with Crippen LogP contribution in [0.5, 0.6) is 0 Å². The van der Waals surface area contributed by atoms with E-state index in [0.29, 0.717) is 6.42 Å². The largest absolute Gasteiger partial charge is 0.480 e. The third-order valence-corrected chi connectivity index (χ3v) is 3.35. The summed E-state index contributed by atoms with van der Waals surface area (Å²) in [6.07, 6.45) is 1.67. The van der Waals surface area contributed by atoms with Gasteiger partial charge in [-0.05, 0) is 12.0 Å². The number of nitro groups is 1. The molecule has 1 amide bonds. The molecule has 1 heterocycles. The van der Waals surface area contributed by atoms with Crippen LogP contribution in [0.25, 0.3) is 0 Å². The Morgan fingerprint density at radius 2 is 2.19 bits per heavy atom. The second-order valence-corrected chi connectivity index (χ2v) is 4.79. The zero-order chi connectivity index (χ0) is 16.2. The molecule has 2 N–H and O–H groups in total. The van der Waals surface area contributed by atoms with Gasteiger partial charge < -0.3 is 10.4 Å². The van der Waals surface area contributed by atoms with Crippen molar-refractivity contribution in [2.75, 3.05) is 0 Å². The van der Waals surface area contributed by atoms with Crippen LogP contribution in [-0.2, 0) is 4.79 Å². The third-order valence-electron chi connectivity index (χ3n) is 3.07. The van der Waals surface area contributed by atoms with Crippen LogP contribution >= 0.6 is 11.6 Å². The highest BCUT2D eigenvalue weighted by atomic mass is 35.5. The molecular weight excluding hydrogens is 302 g/mol. The zero-order valence-electron chi connectivity index (χ0n) is 11.4. The number of nitrogens with zero attached hydrogens (tertiary/aromatic N) is 2. The Balaban J connectivity index is 3.12. The molecule has 9 heteroatoms. The van der Waals surface area contributed by atoms with Crippen molar-refractivity contribution in [3.63, 3.8) is 0 Å². The first kappa shape index (κ1) is 16.8. The lowest BCUT2D eigenvalue weighted by Crippen LogP contribution is -2.45. The minimum Gasteiger partial charge on any atom is -0.480 e. The van der Waals surface area contributed by atoms with Crippen molar-refractivity contribution in [2.45, 2.75) is 26.3 Å². The van der Waals surface area contributed by atoms with E-state index >= 15 is 0 Å². The monoisotopic (exact) mass is 315 g/mol. The summed E-state index contributed by atoms with van der Waals surface area (Å²) in [7, 11) is 0. The van der Waals surface area contributed by atoms with Gasteiger partial charge in [-0.1, -0.05) is 31.9 Å². The number of rotatable bonds is 6. The third kappa shape index (κ3) is 3.88. The van der Waals surface area contributed by atoms with Crippen molar-refractivity contribution >= 4 is 29.2 Å². The van der Waals surface area contributed by atoms with E-state index in [1.807, 2.05) is 0 Å². The van der Waals surface area contributed by atoms with Crippen LogP contribution in [0.2, 0.25) is 5.15 Å². The predicted octanol–water partition coefficient (Wildman–Crippen LogP) is 1.87. The number of carbonyl (C=O) groups excluding carboxylic acids is 1. The van der Waals surface area contributed by atoms with E-state index in [0.717, 1.165) is 12.3 Å². The van der Waals surface area contributed by atoms with E-state index in [4.69, 9.17) is 16.7 Å². The molecule has 1 unspecified atom stereocenters. The molecule has 0 aliphatic rings. The maximum Gasteiger partial charge on any atom is 0.326 e. The number of aliphatic carboxylic acids is 1. The molecule has 0 spiro atoms.